The lowest BCUT2D eigenvalue weighted by Gasteiger charge is -2.34. The van der Waals surface area contributed by atoms with E-state index in [1.54, 1.807) is 13.1 Å². The highest BCUT2D eigenvalue weighted by Crippen LogP contribution is 2.38. The highest BCUT2D eigenvalue weighted by atomic mass is 19.1. The number of nitrogens with zero attached hydrogens (tertiary/aromatic N) is 1. The molecule has 0 spiro atoms. The SMILES string of the molecule is CNC(C)C(=O)NC(C(=O)N1CCC2NCC(c3c[nH]c4cc(F)ccc34)=C21)C1CCCCC1. The minimum absolute atomic E-state index is 0.00635. The van der Waals surface area contributed by atoms with Gasteiger partial charge in [-0.15, -0.1) is 0 Å². The number of H-pyrrole nitrogens is 1. The molecule has 3 aliphatic rings. The first-order valence-electron chi connectivity index (χ1n) is 12.5. The number of amides is 2. The van der Waals surface area contributed by atoms with E-state index in [1.165, 1.54) is 18.6 Å². The third-order valence-electron chi connectivity index (χ3n) is 7.84. The van der Waals surface area contributed by atoms with Crippen LogP contribution in [0.5, 0.6) is 0 Å². The number of hydrogen-bond acceptors (Lipinski definition) is 4. The summed E-state index contributed by atoms with van der Waals surface area (Å²) < 4.78 is 13.7. The number of likely N-dealkylation sites (N-methyl/N-ethyl adjacent to an activating group) is 1. The van der Waals surface area contributed by atoms with Gasteiger partial charge in [-0.05, 0) is 62.9 Å². The first-order valence-corrected chi connectivity index (χ1v) is 12.5. The Hall–Kier alpha value is -2.71. The Kier molecular flexibility index (Phi) is 6.44. The smallest absolute Gasteiger partial charge is 0.249 e. The molecule has 34 heavy (non-hydrogen) atoms. The van der Waals surface area contributed by atoms with Crippen molar-refractivity contribution in [1.82, 2.24) is 25.8 Å². The monoisotopic (exact) mass is 467 g/mol. The molecular weight excluding hydrogens is 433 g/mol. The number of halogens is 1. The zero-order valence-corrected chi connectivity index (χ0v) is 19.9. The third kappa shape index (κ3) is 4.14. The molecule has 1 aromatic heterocycles. The molecule has 1 aliphatic carbocycles. The quantitative estimate of drug-likeness (QED) is 0.526. The fourth-order valence-electron chi connectivity index (χ4n) is 5.83. The Morgan fingerprint density at radius 1 is 1.18 bits per heavy atom. The highest BCUT2D eigenvalue weighted by Gasteiger charge is 2.43. The van der Waals surface area contributed by atoms with E-state index in [9.17, 15) is 14.0 Å². The second-order valence-electron chi connectivity index (χ2n) is 9.86. The largest absolute Gasteiger partial charge is 0.360 e. The minimum Gasteiger partial charge on any atom is -0.360 e. The molecule has 0 radical (unpaired) electrons. The molecular formula is C26H34FN5O2. The number of aromatic nitrogens is 1. The lowest BCUT2D eigenvalue weighted by molar-refractivity contribution is -0.136. The summed E-state index contributed by atoms with van der Waals surface area (Å²) in [4.78, 5) is 31.9. The molecule has 8 heteroatoms. The van der Waals surface area contributed by atoms with E-state index in [1.807, 2.05) is 18.0 Å². The number of fused-ring (bicyclic) bond motifs is 2. The predicted octanol–water partition coefficient (Wildman–Crippen LogP) is 2.90. The lowest BCUT2D eigenvalue weighted by Crippen LogP contribution is -2.55. The maximum absolute atomic E-state index is 14.0. The van der Waals surface area contributed by atoms with E-state index in [0.29, 0.717) is 13.1 Å². The number of likely N-dealkylation sites (tertiary alicyclic amines) is 1. The van der Waals surface area contributed by atoms with Crippen molar-refractivity contribution < 1.29 is 14.0 Å². The van der Waals surface area contributed by atoms with Gasteiger partial charge in [0, 0.05) is 47.5 Å². The second kappa shape index (κ2) is 9.50. The second-order valence-corrected chi connectivity index (χ2v) is 9.86. The summed E-state index contributed by atoms with van der Waals surface area (Å²) in [5, 5.41) is 10.6. The van der Waals surface area contributed by atoms with E-state index in [0.717, 1.165) is 59.8 Å². The van der Waals surface area contributed by atoms with Crippen LogP contribution in [0.1, 0.15) is 51.0 Å². The van der Waals surface area contributed by atoms with E-state index < -0.39 is 6.04 Å². The Labute approximate surface area is 199 Å². The molecule has 3 heterocycles. The Morgan fingerprint density at radius 2 is 1.97 bits per heavy atom. The number of benzene rings is 1. The molecule has 2 aromatic rings. The van der Waals surface area contributed by atoms with Gasteiger partial charge in [0.25, 0.3) is 0 Å². The molecule has 0 bridgehead atoms. The fraction of sp³-hybridized carbons (Fsp3) is 0.538. The van der Waals surface area contributed by atoms with Gasteiger partial charge in [0.2, 0.25) is 11.8 Å². The summed E-state index contributed by atoms with van der Waals surface area (Å²) in [7, 11) is 1.75. The van der Waals surface area contributed by atoms with Gasteiger partial charge in [0.15, 0.2) is 0 Å². The van der Waals surface area contributed by atoms with Crippen molar-refractivity contribution in [3.63, 3.8) is 0 Å². The van der Waals surface area contributed by atoms with Crippen molar-refractivity contribution in [2.75, 3.05) is 20.1 Å². The van der Waals surface area contributed by atoms with E-state index in [4.69, 9.17) is 0 Å². The average molecular weight is 468 g/mol. The summed E-state index contributed by atoms with van der Waals surface area (Å²) in [6.07, 6.45) is 8.04. The first kappa shape index (κ1) is 23.1. The van der Waals surface area contributed by atoms with Crippen LogP contribution in [0.3, 0.4) is 0 Å². The topological polar surface area (TPSA) is 89.3 Å². The predicted molar refractivity (Wildman–Crippen MR) is 130 cm³/mol. The van der Waals surface area contributed by atoms with Crippen LogP contribution in [0, 0.1) is 11.7 Å². The minimum atomic E-state index is -0.520. The number of carbonyl (C=O) groups excluding carboxylic acids is 2. The molecule has 4 N–H and O–H groups in total. The molecule has 1 saturated carbocycles. The Balaban J connectivity index is 1.49. The number of carbonyl (C=O) groups is 2. The number of nitrogens with one attached hydrogen (secondary N) is 4. The van der Waals surface area contributed by atoms with Gasteiger partial charge in [-0.1, -0.05) is 19.3 Å². The van der Waals surface area contributed by atoms with Gasteiger partial charge in [0.1, 0.15) is 11.9 Å². The summed E-state index contributed by atoms with van der Waals surface area (Å²) in [5.74, 6) is -0.268. The van der Waals surface area contributed by atoms with Crippen molar-refractivity contribution in [3.05, 3.63) is 41.5 Å². The van der Waals surface area contributed by atoms with E-state index in [2.05, 4.69) is 20.9 Å². The van der Waals surface area contributed by atoms with Crippen LogP contribution in [0.15, 0.2) is 30.1 Å². The molecule has 2 fully saturated rings. The van der Waals surface area contributed by atoms with Gasteiger partial charge in [0.05, 0.1) is 6.04 Å². The molecule has 1 saturated heterocycles. The standard InChI is InChI=1S/C26H34FN5O2/c1-15(28-2)25(33)31-23(16-6-4-3-5-7-16)26(34)32-11-10-21-24(32)20(14-29-21)19-13-30-22-12-17(27)8-9-18(19)22/h8-9,12-13,15-16,21,23,28-30H,3-7,10-11,14H2,1-2H3,(H,31,33). The summed E-state index contributed by atoms with van der Waals surface area (Å²) >= 11 is 0. The number of aromatic amines is 1. The van der Waals surface area contributed by atoms with Crippen LogP contribution in [0.4, 0.5) is 4.39 Å². The Morgan fingerprint density at radius 3 is 2.74 bits per heavy atom. The fourth-order valence-corrected chi connectivity index (χ4v) is 5.83. The molecule has 2 amide bonds. The van der Waals surface area contributed by atoms with Crippen molar-refractivity contribution in [3.8, 4) is 0 Å². The number of rotatable bonds is 6. The van der Waals surface area contributed by atoms with Gasteiger partial charge in [-0.2, -0.15) is 0 Å². The normalized spacial score (nSPS) is 22.8. The molecule has 2 aliphatic heterocycles. The summed E-state index contributed by atoms with van der Waals surface area (Å²) in [6.45, 7) is 3.10. The molecule has 5 rings (SSSR count). The van der Waals surface area contributed by atoms with E-state index >= 15 is 0 Å². The molecule has 1 aromatic carbocycles. The van der Waals surface area contributed by atoms with Gasteiger partial charge < -0.3 is 25.8 Å². The lowest BCUT2D eigenvalue weighted by atomic mass is 9.83. The molecule has 3 atom stereocenters. The van der Waals surface area contributed by atoms with Crippen molar-refractivity contribution in [1.29, 1.82) is 0 Å². The maximum Gasteiger partial charge on any atom is 0.249 e. The molecule has 3 unspecified atom stereocenters. The van der Waals surface area contributed by atoms with Gasteiger partial charge in [-0.3, -0.25) is 9.59 Å². The zero-order chi connectivity index (χ0) is 23.8. The van der Waals surface area contributed by atoms with Crippen LogP contribution in [0.25, 0.3) is 16.5 Å². The van der Waals surface area contributed by atoms with Crippen LogP contribution >= 0.6 is 0 Å². The van der Waals surface area contributed by atoms with Gasteiger partial charge >= 0.3 is 0 Å². The maximum atomic E-state index is 14.0. The van der Waals surface area contributed by atoms with Crippen molar-refractivity contribution >= 4 is 28.3 Å². The van der Waals surface area contributed by atoms with Crippen LogP contribution < -0.4 is 16.0 Å². The number of hydrogen-bond donors (Lipinski definition) is 4. The average Bonchev–Trinajstić information content (AvgIpc) is 3.56. The zero-order valence-electron chi connectivity index (χ0n) is 19.9. The van der Waals surface area contributed by atoms with Crippen molar-refractivity contribution in [2.24, 2.45) is 5.92 Å². The molecule has 7 nitrogen and oxygen atoms in total. The third-order valence-corrected chi connectivity index (χ3v) is 7.84. The molecule has 182 valence electrons. The van der Waals surface area contributed by atoms with Gasteiger partial charge in [-0.25, -0.2) is 4.39 Å². The Bertz CT molecular complexity index is 1120. The van der Waals surface area contributed by atoms with E-state index in [-0.39, 0.29) is 35.6 Å². The summed E-state index contributed by atoms with van der Waals surface area (Å²) in [6, 6.07) is 4.00. The van der Waals surface area contributed by atoms with Crippen molar-refractivity contribution in [2.45, 2.75) is 63.6 Å². The summed E-state index contributed by atoms with van der Waals surface area (Å²) in [5.41, 5.74) is 3.83. The van der Waals surface area contributed by atoms with Crippen LogP contribution in [-0.4, -0.2) is 60.0 Å². The van der Waals surface area contributed by atoms with Crippen LogP contribution in [0.2, 0.25) is 0 Å². The van der Waals surface area contributed by atoms with Crippen LogP contribution in [-0.2, 0) is 9.59 Å². The first-order chi connectivity index (χ1) is 16.5. The highest BCUT2D eigenvalue weighted by molar-refractivity contribution is 5.97.